The predicted octanol–water partition coefficient (Wildman–Crippen LogP) is 2.66. The Morgan fingerprint density at radius 2 is 2.24 bits per heavy atom. The Balaban J connectivity index is 2.19. The van der Waals surface area contributed by atoms with Crippen molar-refractivity contribution in [2.75, 3.05) is 31.6 Å². The van der Waals surface area contributed by atoms with Gasteiger partial charge in [0.05, 0.1) is 5.02 Å². The van der Waals surface area contributed by atoms with E-state index >= 15 is 0 Å². The van der Waals surface area contributed by atoms with Crippen LogP contribution in [0.2, 0.25) is 5.02 Å². The highest BCUT2D eigenvalue weighted by molar-refractivity contribution is 6.30. The number of likely N-dealkylation sites (N-methyl/N-ethyl adjacent to an activating group) is 1. The van der Waals surface area contributed by atoms with E-state index in [9.17, 15) is 0 Å². The first kappa shape index (κ1) is 12.7. The topological polar surface area (TPSA) is 19.4 Å². The van der Waals surface area contributed by atoms with E-state index in [0.29, 0.717) is 11.1 Å². The highest BCUT2D eigenvalue weighted by Crippen LogP contribution is 2.21. The van der Waals surface area contributed by atoms with Gasteiger partial charge in [0.25, 0.3) is 0 Å². The summed E-state index contributed by atoms with van der Waals surface area (Å²) in [6.07, 6.45) is 4.07. The van der Waals surface area contributed by atoms with Crippen LogP contribution in [0.15, 0.2) is 18.3 Å². The van der Waals surface area contributed by atoms with Crippen LogP contribution < -0.4 is 4.90 Å². The van der Waals surface area contributed by atoms with Crippen LogP contribution in [-0.2, 0) is 0 Å². The first-order valence-electron chi connectivity index (χ1n) is 6.27. The second kappa shape index (κ2) is 5.69. The largest absolute Gasteiger partial charge is 0.352 e. The molecule has 0 amide bonds. The number of hydrogen-bond acceptors (Lipinski definition) is 3. The molecular formula is C13H20ClN3. The molecule has 0 saturated carbocycles. The van der Waals surface area contributed by atoms with Crippen LogP contribution in [0, 0.1) is 0 Å². The van der Waals surface area contributed by atoms with Crippen LogP contribution in [0.1, 0.15) is 19.8 Å². The molecule has 1 aliphatic rings. The zero-order chi connectivity index (χ0) is 12.3. The number of rotatable bonds is 2. The molecule has 2 heterocycles. The molecule has 0 aliphatic carbocycles. The molecule has 0 radical (unpaired) electrons. The molecule has 3 nitrogen and oxygen atoms in total. The molecule has 1 aromatic rings. The Bertz CT molecular complexity index is 352. The fourth-order valence-electron chi connectivity index (χ4n) is 2.43. The molecule has 1 unspecified atom stereocenters. The van der Waals surface area contributed by atoms with Gasteiger partial charge < -0.3 is 9.80 Å². The fraction of sp³-hybridized carbons (Fsp3) is 0.615. The van der Waals surface area contributed by atoms with Crippen LogP contribution in [0.3, 0.4) is 0 Å². The molecule has 1 fully saturated rings. The van der Waals surface area contributed by atoms with Gasteiger partial charge in [-0.3, -0.25) is 0 Å². The normalized spacial score (nSPS) is 22.5. The van der Waals surface area contributed by atoms with Crippen LogP contribution in [0.5, 0.6) is 0 Å². The standard InChI is InChI=1S/C13H20ClN3/c1-3-12-10-16(2)7-4-8-17(12)13-6-5-11(14)9-15-13/h5-6,9,12H,3-4,7-8,10H2,1-2H3. The van der Waals surface area contributed by atoms with Gasteiger partial charge in [0.15, 0.2) is 0 Å². The van der Waals surface area contributed by atoms with Gasteiger partial charge in [-0.2, -0.15) is 0 Å². The number of halogens is 1. The maximum absolute atomic E-state index is 5.89. The Kier molecular flexibility index (Phi) is 4.24. The van der Waals surface area contributed by atoms with E-state index in [0.717, 1.165) is 25.3 Å². The van der Waals surface area contributed by atoms with Crippen LogP contribution in [0.4, 0.5) is 5.82 Å². The molecule has 0 bridgehead atoms. The lowest BCUT2D eigenvalue weighted by Gasteiger charge is -2.31. The molecule has 1 atom stereocenters. The second-order valence-corrected chi connectivity index (χ2v) is 5.14. The highest BCUT2D eigenvalue weighted by atomic mass is 35.5. The lowest BCUT2D eigenvalue weighted by Crippen LogP contribution is -2.40. The van der Waals surface area contributed by atoms with Crippen molar-refractivity contribution in [3.8, 4) is 0 Å². The first-order valence-corrected chi connectivity index (χ1v) is 6.65. The summed E-state index contributed by atoms with van der Waals surface area (Å²) in [7, 11) is 2.20. The predicted molar refractivity (Wildman–Crippen MR) is 72.8 cm³/mol. The van der Waals surface area contributed by atoms with Gasteiger partial charge in [-0.1, -0.05) is 18.5 Å². The van der Waals surface area contributed by atoms with Gasteiger partial charge >= 0.3 is 0 Å². The molecule has 4 heteroatoms. The van der Waals surface area contributed by atoms with Gasteiger partial charge in [0.2, 0.25) is 0 Å². The summed E-state index contributed by atoms with van der Waals surface area (Å²) >= 11 is 5.89. The van der Waals surface area contributed by atoms with Gasteiger partial charge in [-0.25, -0.2) is 4.98 Å². The zero-order valence-electron chi connectivity index (χ0n) is 10.6. The molecule has 17 heavy (non-hydrogen) atoms. The monoisotopic (exact) mass is 253 g/mol. The SMILES string of the molecule is CCC1CN(C)CCCN1c1ccc(Cl)cn1. The van der Waals surface area contributed by atoms with Crippen molar-refractivity contribution < 1.29 is 0 Å². The third-order valence-electron chi connectivity index (χ3n) is 3.38. The van der Waals surface area contributed by atoms with E-state index in [2.05, 4.69) is 28.8 Å². The molecule has 0 aromatic carbocycles. The molecule has 0 N–H and O–H groups in total. The van der Waals surface area contributed by atoms with E-state index in [1.54, 1.807) is 6.20 Å². The van der Waals surface area contributed by atoms with Gasteiger partial charge in [-0.15, -0.1) is 0 Å². The Hall–Kier alpha value is -0.800. The van der Waals surface area contributed by atoms with Crippen molar-refractivity contribution in [3.05, 3.63) is 23.4 Å². The van der Waals surface area contributed by atoms with Crippen LogP contribution in [-0.4, -0.2) is 42.6 Å². The molecule has 1 aromatic heterocycles. The smallest absolute Gasteiger partial charge is 0.128 e. The van der Waals surface area contributed by atoms with Crippen molar-refractivity contribution in [3.63, 3.8) is 0 Å². The number of pyridine rings is 1. The molecular weight excluding hydrogens is 234 g/mol. The van der Waals surface area contributed by atoms with Gasteiger partial charge in [-0.05, 0) is 38.6 Å². The Morgan fingerprint density at radius 3 is 2.88 bits per heavy atom. The van der Waals surface area contributed by atoms with Crippen molar-refractivity contribution in [1.29, 1.82) is 0 Å². The quantitative estimate of drug-likeness (QED) is 0.808. The maximum Gasteiger partial charge on any atom is 0.128 e. The molecule has 0 spiro atoms. The van der Waals surface area contributed by atoms with Crippen LogP contribution in [0.25, 0.3) is 0 Å². The minimum Gasteiger partial charge on any atom is -0.352 e. The maximum atomic E-state index is 5.89. The summed E-state index contributed by atoms with van der Waals surface area (Å²) in [5, 5.41) is 0.703. The summed E-state index contributed by atoms with van der Waals surface area (Å²) in [4.78, 5) is 9.27. The average Bonchev–Trinajstić information content (AvgIpc) is 2.52. The third-order valence-corrected chi connectivity index (χ3v) is 3.60. The minimum absolute atomic E-state index is 0.552. The highest BCUT2D eigenvalue weighted by Gasteiger charge is 2.22. The van der Waals surface area contributed by atoms with E-state index in [-0.39, 0.29) is 0 Å². The van der Waals surface area contributed by atoms with Crippen molar-refractivity contribution in [2.24, 2.45) is 0 Å². The zero-order valence-corrected chi connectivity index (χ0v) is 11.3. The van der Waals surface area contributed by atoms with Gasteiger partial charge in [0, 0.05) is 25.3 Å². The summed E-state index contributed by atoms with van der Waals surface area (Å²) < 4.78 is 0. The van der Waals surface area contributed by atoms with E-state index in [1.165, 1.54) is 13.0 Å². The molecule has 1 aliphatic heterocycles. The van der Waals surface area contributed by atoms with Crippen molar-refractivity contribution >= 4 is 17.4 Å². The lowest BCUT2D eigenvalue weighted by atomic mass is 10.2. The summed E-state index contributed by atoms with van der Waals surface area (Å²) in [5.41, 5.74) is 0. The Morgan fingerprint density at radius 1 is 1.41 bits per heavy atom. The van der Waals surface area contributed by atoms with E-state index < -0.39 is 0 Å². The van der Waals surface area contributed by atoms with Crippen molar-refractivity contribution in [1.82, 2.24) is 9.88 Å². The first-order chi connectivity index (χ1) is 8.20. The summed E-state index contributed by atoms with van der Waals surface area (Å²) in [6, 6.07) is 4.50. The van der Waals surface area contributed by atoms with E-state index in [4.69, 9.17) is 11.6 Å². The van der Waals surface area contributed by atoms with E-state index in [1.807, 2.05) is 12.1 Å². The molecule has 2 rings (SSSR count). The van der Waals surface area contributed by atoms with Crippen molar-refractivity contribution in [2.45, 2.75) is 25.8 Å². The fourth-order valence-corrected chi connectivity index (χ4v) is 2.54. The number of anilines is 1. The number of aromatic nitrogens is 1. The summed E-state index contributed by atoms with van der Waals surface area (Å²) in [5.74, 6) is 1.05. The number of hydrogen-bond donors (Lipinski definition) is 0. The number of nitrogens with zero attached hydrogens (tertiary/aromatic N) is 3. The molecule has 1 saturated heterocycles. The third kappa shape index (κ3) is 3.11. The van der Waals surface area contributed by atoms with Crippen LogP contribution >= 0.6 is 11.6 Å². The van der Waals surface area contributed by atoms with Gasteiger partial charge in [0.1, 0.15) is 5.82 Å². The average molecular weight is 254 g/mol. The minimum atomic E-state index is 0.552. The lowest BCUT2D eigenvalue weighted by molar-refractivity contribution is 0.327. The molecule has 94 valence electrons. The Labute approximate surface area is 108 Å². The second-order valence-electron chi connectivity index (χ2n) is 4.71. The summed E-state index contributed by atoms with van der Waals surface area (Å²) in [6.45, 7) is 5.60.